The first-order chi connectivity index (χ1) is 11.1. The van der Waals surface area contributed by atoms with Gasteiger partial charge < -0.3 is 15.2 Å². The molecule has 0 aliphatic carbocycles. The van der Waals surface area contributed by atoms with Crippen molar-refractivity contribution in [3.63, 3.8) is 0 Å². The summed E-state index contributed by atoms with van der Waals surface area (Å²) in [6, 6.07) is 8.92. The highest BCUT2D eigenvalue weighted by Crippen LogP contribution is 2.28. The number of carbonyl (C=O) groups is 1. The van der Waals surface area contributed by atoms with Gasteiger partial charge in [0.15, 0.2) is 0 Å². The minimum atomic E-state index is -0.144. The minimum Gasteiger partial charge on any atom is -0.491 e. The van der Waals surface area contributed by atoms with Crippen LogP contribution < -0.4 is 10.1 Å². The number of thiophene rings is 1. The summed E-state index contributed by atoms with van der Waals surface area (Å²) in [4.78, 5) is 14.0. The van der Waals surface area contributed by atoms with Crippen molar-refractivity contribution >= 4 is 33.1 Å². The molecule has 0 radical (unpaired) electrons. The van der Waals surface area contributed by atoms with Gasteiger partial charge in [-0.2, -0.15) is 5.10 Å². The Labute approximate surface area is 137 Å². The summed E-state index contributed by atoms with van der Waals surface area (Å²) in [6.07, 6.45) is 0. The zero-order chi connectivity index (χ0) is 16.4. The summed E-state index contributed by atoms with van der Waals surface area (Å²) in [5.41, 5.74) is 1.61. The molecule has 0 saturated heterocycles. The van der Waals surface area contributed by atoms with E-state index in [1.54, 1.807) is 28.9 Å². The second kappa shape index (κ2) is 6.39. The highest BCUT2D eigenvalue weighted by Gasteiger charge is 2.15. The molecule has 0 aliphatic heterocycles. The lowest BCUT2D eigenvalue weighted by Crippen LogP contribution is -2.10. The van der Waals surface area contributed by atoms with Gasteiger partial charge in [0.2, 0.25) is 0 Å². The van der Waals surface area contributed by atoms with E-state index in [-0.39, 0.29) is 19.1 Å². The summed E-state index contributed by atoms with van der Waals surface area (Å²) in [6.45, 7) is 2.15. The van der Waals surface area contributed by atoms with Gasteiger partial charge >= 0.3 is 0 Å². The molecule has 2 aromatic heterocycles. The first-order valence-corrected chi connectivity index (χ1v) is 7.98. The highest BCUT2D eigenvalue weighted by molar-refractivity contribution is 7.20. The van der Waals surface area contributed by atoms with E-state index in [0.29, 0.717) is 16.3 Å². The van der Waals surface area contributed by atoms with Gasteiger partial charge in [-0.1, -0.05) is 0 Å². The van der Waals surface area contributed by atoms with Gasteiger partial charge in [-0.05, 0) is 37.3 Å². The Morgan fingerprint density at radius 2 is 2.13 bits per heavy atom. The smallest absolute Gasteiger partial charge is 0.265 e. The average molecular weight is 331 g/mol. The molecule has 7 heteroatoms. The van der Waals surface area contributed by atoms with Gasteiger partial charge in [0.1, 0.15) is 17.2 Å². The van der Waals surface area contributed by atoms with Crippen LogP contribution in [0.2, 0.25) is 0 Å². The molecule has 0 spiro atoms. The lowest BCUT2D eigenvalue weighted by Gasteiger charge is -2.06. The molecule has 0 fully saturated rings. The highest BCUT2D eigenvalue weighted by atomic mass is 32.1. The Balaban J connectivity index is 1.73. The molecule has 2 heterocycles. The largest absolute Gasteiger partial charge is 0.491 e. The maximum absolute atomic E-state index is 12.4. The standard InChI is InChI=1S/C16H17N3O3S/c1-10-13-9-14(23-16(13)19(2)18-10)15(21)17-11-3-5-12(6-4-11)22-8-7-20/h3-6,9,20H,7-8H2,1-2H3,(H,17,21). The van der Waals surface area contributed by atoms with Crippen molar-refractivity contribution in [3.05, 3.63) is 40.9 Å². The van der Waals surface area contributed by atoms with E-state index < -0.39 is 0 Å². The molecule has 2 N–H and O–H groups in total. The number of fused-ring (bicyclic) bond motifs is 1. The number of nitrogens with zero attached hydrogens (tertiary/aromatic N) is 2. The molecule has 120 valence electrons. The van der Waals surface area contributed by atoms with Gasteiger partial charge in [0.05, 0.1) is 17.2 Å². The Kier molecular flexibility index (Phi) is 4.31. The van der Waals surface area contributed by atoms with Crippen LogP contribution in [0.1, 0.15) is 15.4 Å². The number of ether oxygens (including phenoxy) is 1. The molecule has 6 nitrogen and oxygen atoms in total. The fraction of sp³-hybridized carbons (Fsp3) is 0.250. The topological polar surface area (TPSA) is 76.4 Å². The fourth-order valence-corrected chi connectivity index (χ4v) is 3.33. The molecular formula is C16H17N3O3S. The van der Waals surface area contributed by atoms with Crippen LogP contribution in [0.3, 0.4) is 0 Å². The normalized spacial score (nSPS) is 10.9. The van der Waals surface area contributed by atoms with E-state index in [1.165, 1.54) is 11.3 Å². The molecule has 0 atom stereocenters. The van der Waals surface area contributed by atoms with Gasteiger partial charge in [-0.3, -0.25) is 9.48 Å². The second-order valence-corrected chi connectivity index (χ2v) is 6.12. The van der Waals surface area contributed by atoms with Gasteiger partial charge in [-0.15, -0.1) is 11.3 Å². The van der Waals surface area contributed by atoms with Crippen molar-refractivity contribution < 1.29 is 14.6 Å². The number of hydrogen-bond donors (Lipinski definition) is 2. The van der Waals surface area contributed by atoms with Crippen LogP contribution in [0.25, 0.3) is 10.2 Å². The number of amides is 1. The molecular weight excluding hydrogens is 314 g/mol. The van der Waals surface area contributed by atoms with Crippen LogP contribution in [0, 0.1) is 6.92 Å². The van der Waals surface area contributed by atoms with Gasteiger partial charge in [0, 0.05) is 18.1 Å². The Morgan fingerprint density at radius 3 is 2.78 bits per heavy atom. The zero-order valence-corrected chi connectivity index (χ0v) is 13.7. The van der Waals surface area contributed by atoms with Crippen LogP contribution in [-0.2, 0) is 7.05 Å². The van der Waals surface area contributed by atoms with E-state index in [0.717, 1.165) is 15.9 Å². The van der Waals surface area contributed by atoms with Crippen LogP contribution in [-0.4, -0.2) is 34.0 Å². The third-order valence-electron chi connectivity index (χ3n) is 3.39. The number of aliphatic hydroxyl groups is 1. The van der Waals surface area contributed by atoms with Crippen molar-refractivity contribution in [2.24, 2.45) is 7.05 Å². The lowest BCUT2D eigenvalue weighted by atomic mass is 10.2. The number of aromatic nitrogens is 2. The number of benzene rings is 1. The summed E-state index contributed by atoms with van der Waals surface area (Å²) in [5, 5.41) is 16.9. The summed E-state index contributed by atoms with van der Waals surface area (Å²) in [7, 11) is 1.87. The summed E-state index contributed by atoms with van der Waals surface area (Å²) >= 11 is 1.42. The quantitative estimate of drug-likeness (QED) is 0.753. The third-order valence-corrected chi connectivity index (χ3v) is 4.59. The van der Waals surface area contributed by atoms with Crippen LogP contribution in [0.4, 0.5) is 5.69 Å². The van der Waals surface area contributed by atoms with Crippen molar-refractivity contribution in [1.82, 2.24) is 9.78 Å². The number of anilines is 1. The van der Waals surface area contributed by atoms with E-state index in [9.17, 15) is 4.79 Å². The van der Waals surface area contributed by atoms with Crippen LogP contribution in [0.15, 0.2) is 30.3 Å². The minimum absolute atomic E-state index is 0.0291. The molecule has 3 rings (SSSR count). The van der Waals surface area contributed by atoms with E-state index >= 15 is 0 Å². The fourth-order valence-electron chi connectivity index (χ4n) is 2.31. The molecule has 0 aliphatic rings. The van der Waals surface area contributed by atoms with Gasteiger partial charge in [0.25, 0.3) is 5.91 Å². The average Bonchev–Trinajstić information content (AvgIpc) is 3.09. The zero-order valence-electron chi connectivity index (χ0n) is 12.9. The molecule has 0 unspecified atom stereocenters. The van der Waals surface area contributed by atoms with E-state index in [2.05, 4.69) is 10.4 Å². The van der Waals surface area contributed by atoms with Crippen LogP contribution in [0.5, 0.6) is 5.75 Å². The number of nitrogens with one attached hydrogen (secondary N) is 1. The van der Waals surface area contributed by atoms with Crippen LogP contribution >= 0.6 is 11.3 Å². The molecule has 0 bridgehead atoms. The number of rotatable bonds is 5. The maximum atomic E-state index is 12.4. The first-order valence-electron chi connectivity index (χ1n) is 7.16. The van der Waals surface area contributed by atoms with Crippen molar-refractivity contribution in [1.29, 1.82) is 0 Å². The second-order valence-electron chi connectivity index (χ2n) is 5.09. The molecule has 3 aromatic rings. The van der Waals surface area contributed by atoms with E-state index in [1.807, 2.05) is 20.0 Å². The third kappa shape index (κ3) is 3.20. The summed E-state index contributed by atoms with van der Waals surface area (Å²) < 4.78 is 7.08. The predicted octanol–water partition coefficient (Wildman–Crippen LogP) is 2.57. The lowest BCUT2D eigenvalue weighted by molar-refractivity contribution is 0.103. The summed E-state index contributed by atoms with van der Waals surface area (Å²) in [5.74, 6) is 0.509. The monoisotopic (exact) mass is 331 g/mol. The van der Waals surface area contributed by atoms with Crippen molar-refractivity contribution in [2.75, 3.05) is 18.5 Å². The van der Waals surface area contributed by atoms with E-state index in [4.69, 9.17) is 9.84 Å². The SMILES string of the molecule is Cc1nn(C)c2sc(C(=O)Nc3ccc(OCCO)cc3)cc12. The number of hydrogen-bond acceptors (Lipinski definition) is 5. The number of aliphatic hydroxyl groups excluding tert-OH is 1. The van der Waals surface area contributed by atoms with Crippen molar-refractivity contribution in [2.45, 2.75) is 6.92 Å². The number of carbonyl (C=O) groups excluding carboxylic acids is 1. The van der Waals surface area contributed by atoms with Gasteiger partial charge in [-0.25, -0.2) is 0 Å². The molecule has 1 amide bonds. The molecule has 1 aromatic carbocycles. The first kappa shape index (κ1) is 15.5. The maximum Gasteiger partial charge on any atom is 0.265 e. The Hall–Kier alpha value is -2.38. The number of aryl methyl sites for hydroxylation is 2. The van der Waals surface area contributed by atoms with Crippen molar-refractivity contribution in [3.8, 4) is 5.75 Å². The Bertz CT molecular complexity index is 802. The molecule has 0 saturated carbocycles. The predicted molar refractivity (Wildman–Crippen MR) is 90.3 cm³/mol. The molecule has 23 heavy (non-hydrogen) atoms. The Morgan fingerprint density at radius 1 is 1.39 bits per heavy atom.